The van der Waals surface area contributed by atoms with Gasteiger partial charge in [0, 0.05) is 13.6 Å². The second-order valence-corrected chi connectivity index (χ2v) is 6.76. The maximum Gasteiger partial charge on any atom is 0.162 e. The molecule has 0 aromatic carbocycles. The average Bonchev–Trinajstić information content (AvgIpc) is 2.91. The highest BCUT2D eigenvalue weighted by Gasteiger charge is 2.50. The van der Waals surface area contributed by atoms with Gasteiger partial charge in [-0.3, -0.25) is 4.99 Å². The lowest BCUT2D eigenvalue weighted by Crippen LogP contribution is -2.58. The minimum atomic E-state index is -1.10. The summed E-state index contributed by atoms with van der Waals surface area (Å²) in [5.41, 5.74) is -0.339. The highest BCUT2D eigenvalue weighted by atomic mass is 32.2. The molecule has 3 N–H and O–H groups in total. The lowest BCUT2D eigenvalue weighted by molar-refractivity contribution is -0.185. The molecule has 1 saturated heterocycles. The van der Waals surface area contributed by atoms with Crippen LogP contribution in [-0.2, 0) is 4.74 Å². The molecule has 0 spiro atoms. The molecule has 0 saturated carbocycles. The fraction of sp³-hybridized carbons (Fsp3) is 0.929. The highest BCUT2D eigenvalue weighted by Crippen LogP contribution is 2.38. The van der Waals surface area contributed by atoms with Crippen molar-refractivity contribution in [2.75, 3.05) is 13.6 Å². The summed E-state index contributed by atoms with van der Waals surface area (Å²) in [6.45, 7) is 4.88. The van der Waals surface area contributed by atoms with Gasteiger partial charge in [0.25, 0.3) is 0 Å². The predicted octanol–water partition coefficient (Wildman–Crippen LogP) is 0.407. The van der Waals surface area contributed by atoms with E-state index in [1.165, 1.54) is 11.8 Å². The van der Waals surface area contributed by atoms with Crippen molar-refractivity contribution in [3.8, 4) is 0 Å². The molecule has 2 aliphatic heterocycles. The second kappa shape index (κ2) is 7.28. The molecule has 0 radical (unpaired) electrons. The maximum absolute atomic E-state index is 10.3. The molecule has 6 unspecified atom stereocenters. The van der Waals surface area contributed by atoms with Crippen LogP contribution >= 0.6 is 11.8 Å². The minimum Gasteiger partial charge on any atom is -0.390 e. The molecule has 0 aromatic heterocycles. The molecule has 2 aliphatic rings. The fourth-order valence-corrected chi connectivity index (χ4v) is 3.83. The molecule has 0 amide bonds. The van der Waals surface area contributed by atoms with Gasteiger partial charge in [0.2, 0.25) is 0 Å². The Morgan fingerprint density at radius 2 is 2.05 bits per heavy atom. The molecular weight excluding hydrogens is 292 g/mol. The first-order chi connectivity index (χ1) is 9.99. The number of fused-ring (bicyclic) bond motifs is 1. The third-order valence-electron chi connectivity index (χ3n) is 4.12. The number of aliphatic hydroxyl groups excluding tert-OH is 3. The van der Waals surface area contributed by atoms with Crippen LogP contribution in [-0.4, -0.2) is 74.9 Å². The number of nitrogens with zero attached hydrogens (tertiary/aromatic N) is 2. The molecule has 6 nitrogen and oxygen atoms in total. The number of unbranched alkanes of at least 4 members (excludes halogenated alkanes) is 1. The van der Waals surface area contributed by atoms with Crippen LogP contribution < -0.4 is 0 Å². The average molecular weight is 318 g/mol. The Hall–Kier alpha value is -0.340. The monoisotopic (exact) mass is 318 g/mol. The van der Waals surface area contributed by atoms with Crippen molar-refractivity contribution >= 4 is 16.9 Å². The third-order valence-corrected chi connectivity index (χ3v) is 5.37. The Morgan fingerprint density at radius 3 is 2.67 bits per heavy atom. The number of amidine groups is 1. The van der Waals surface area contributed by atoms with Crippen molar-refractivity contribution in [3.63, 3.8) is 0 Å². The van der Waals surface area contributed by atoms with Gasteiger partial charge < -0.3 is 25.0 Å². The zero-order valence-corrected chi connectivity index (χ0v) is 13.7. The SMILES string of the molecule is CCCCC(O)C1OC2SC(N(C)CC)=NC2C(O)C1O. The van der Waals surface area contributed by atoms with Gasteiger partial charge in [-0.05, 0) is 13.3 Å². The summed E-state index contributed by atoms with van der Waals surface area (Å²) in [6.07, 6.45) is -1.21. The van der Waals surface area contributed by atoms with Crippen LogP contribution in [0.1, 0.15) is 33.1 Å². The van der Waals surface area contributed by atoms with Crippen molar-refractivity contribution in [2.45, 2.75) is 69.0 Å². The number of aliphatic hydroxyl groups is 3. The van der Waals surface area contributed by atoms with Gasteiger partial charge >= 0.3 is 0 Å². The van der Waals surface area contributed by atoms with Gasteiger partial charge in [0.05, 0.1) is 6.10 Å². The number of hydrogen-bond donors (Lipinski definition) is 3. The Balaban J connectivity index is 2.05. The van der Waals surface area contributed by atoms with E-state index < -0.39 is 30.5 Å². The van der Waals surface area contributed by atoms with E-state index in [9.17, 15) is 15.3 Å². The number of rotatable bonds is 5. The van der Waals surface area contributed by atoms with Crippen molar-refractivity contribution < 1.29 is 20.1 Å². The van der Waals surface area contributed by atoms with Gasteiger partial charge in [-0.2, -0.15) is 0 Å². The summed E-state index contributed by atoms with van der Waals surface area (Å²) >= 11 is 1.45. The van der Waals surface area contributed by atoms with Crippen LogP contribution in [0.15, 0.2) is 4.99 Å². The van der Waals surface area contributed by atoms with E-state index in [0.29, 0.717) is 6.42 Å². The Labute approximate surface area is 130 Å². The van der Waals surface area contributed by atoms with Crippen molar-refractivity contribution in [2.24, 2.45) is 4.99 Å². The van der Waals surface area contributed by atoms with Crippen LogP contribution in [0, 0.1) is 0 Å². The molecule has 0 aromatic rings. The highest BCUT2D eigenvalue weighted by molar-refractivity contribution is 8.14. The minimum absolute atomic E-state index is 0.339. The zero-order chi connectivity index (χ0) is 15.6. The van der Waals surface area contributed by atoms with Crippen LogP contribution in [0.3, 0.4) is 0 Å². The van der Waals surface area contributed by atoms with Crippen LogP contribution in [0.4, 0.5) is 0 Å². The summed E-state index contributed by atoms with van der Waals surface area (Å²) < 4.78 is 5.84. The van der Waals surface area contributed by atoms with E-state index in [-0.39, 0.29) is 5.44 Å². The molecule has 1 fully saturated rings. The van der Waals surface area contributed by atoms with Crippen LogP contribution in [0.5, 0.6) is 0 Å². The predicted molar refractivity (Wildman–Crippen MR) is 83.3 cm³/mol. The summed E-state index contributed by atoms with van der Waals surface area (Å²) in [5.74, 6) is 0. The Kier molecular flexibility index (Phi) is 5.90. The van der Waals surface area contributed by atoms with Gasteiger partial charge in [0.15, 0.2) is 5.17 Å². The topological polar surface area (TPSA) is 85.5 Å². The summed E-state index contributed by atoms with van der Waals surface area (Å²) in [6, 6.07) is -0.469. The summed E-state index contributed by atoms with van der Waals surface area (Å²) in [5, 5.41) is 31.5. The van der Waals surface area contributed by atoms with Gasteiger partial charge in [-0.25, -0.2) is 0 Å². The Bertz CT molecular complexity index is 382. The van der Waals surface area contributed by atoms with Crippen LogP contribution in [0.2, 0.25) is 0 Å². The number of ether oxygens (including phenoxy) is 1. The Morgan fingerprint density at radius 1 is 1.33 bits per heavy atom. The fourth-order valence-electron chi connectivity index (χ4n) is 2.59. The smallest absolute Gasteiger partial charge is 0.162 e. The number of thioether (sulfide) groups is 1. The molecular formula is C14H26N2O4S. The lowest BCUT2D eigenvalue weighted by atomic mass is 9.93. The standard InChI is InChI=1S/C14H26N2O4S/c1-4-6-7-8(17)12-11(19)10(18)9-13(20-12)21-14(15-9)16(3)5-2/h8-13,17-19H,4-7H2,1-3H3. The molecule has 6 atom stereocenters. The van der Waals surface area contributed by atoms with E-state index in [2.05, 4.69) is 4.99 Å². The molecule has 7 heteroatoms. The quantitative estimate of drug-likeness (QED) is 0.681. The van der Waals surface area contributed by atoms with E-state index in [1.807, 2.05) is 25.8 Å². The van der Waals surface area contributed by atoms with Crippen molar-refractivity contribution in [3.05, 3.63) is 0 Å². The number of hydrogen-bond acceptors (Lipinski definition) is 7. The van der Waals surface area contributed by atoms with Gasteiger partial charge in [0.1, 0.15) is 29.8 Å². The normalized spacial score (nSPS) is 37.0. The van der Waals surface area contributed by atoms with E-state index >= 15 is 0 Å². The third kappa shape index (κ3) is 3.53. The first-order valence-electron chi connectivity index (χ1n) is 7.64. The summed E-state index contributed by atoms with van der Waals surface area (Å²) in [7, 11) is 1.93. The molecule has 0 aliphatic carbocycles. The first kappa shape index (κ1) is 17.0. The largest absolute Gasteiger partial charge is 0.390 e. The van der Waals surface area contributed by atoms with E-state index in [4.69, 9.17) is 4.74 Å². The lowest BCUT2D eigenvalue weighted by Gasteiger charge is -2.40. The van der Waals surface area contributed by atoms with Crippen molar-refractivity contribution in [1.82, 2.24) is 4.90 Å². The molecule has 122 valence electrons. The molecule has 21 heavy (non-hydrogen) atoms. The van der Waals surface area contributed by atoms with Crippen LogP contribution in [0.25, 0.3) is 0 Å². The first-order valence-corrected chi connectivity index (χ1v) is 8.52. The number of aliphatic imine (C=N–C) groups is 1. The molecule has 2 rings (SSSR count). The summed E-state index contributed by atoms with van der Waals surface area (Å²) in [4.78, 5) is 6.44. The maximum atomic E-state index is 10.3. The molecule has 0 bridgehead atoms. The van der Waals surface area contributed by atoms with Gasteiger partial charge in [-0.15, -0.1) is 0 Å². The van der Waals surface area contributed by atoms with Crippen molar-refractivity contribution in [1.29, 1.82) is 0 Å². The van der Waals surface area contributed by atoms with E-state index in [1.54, 1.807) is 0 Å². The van der Waals surface area contributed by atoms with E-state index in [0.717, 1.165) is 24.6 Å². The van der Waals surface area contributed by atoms with Gasteiger partial charge in [-0.1, -0.05) is 31.5 Å². The molecule has 2 heterocycles. The zero-order valence-electron chi connectivity index (χ0n) is 12.8. The second-order valence-electron chi connectivity index (χ2n) is 5.69.